The number of carbonyl (C=O) groups is 3. The van der Waals surface area contributed by atoms with E-state index in [4.69, 9.17) is 11.6 Å². The largest absolute Gasteiger partial charge is 0.465 e. The molecule has 1 unspecified atom stereocenters. The highest BCUT2D eigenvalue weighted by molar-refractivity contribution is 6.33. The second-order valence-electron chi connectivity index (χ2n) is 6.21. The van der Waals surface area contributed by atoms with E-state index in [1.165, 1.54) is 25.3 Å². The lowest BCUT2D eigenvalue weighted by molar-refractivity contribution is -0.128. The Hall–Kier alpha value is -2.93. The van der Waals surface area contributed by atoms with Crippen LogP contribution in [0.2, 0.25) is 5.02 Å². The van der Waals surface area contributed by atoms with E-state index in [2.05, 4.69) is 15.0 Å². The predicted octanol–water partition coefficient (Wildman–Crippen LogP) is 2.51. The molecule has 140 valence electrons. The molecule has 1 fully saturated rings. The molecule has 2 aromatic rings. The first-order chi connectivity index (χ1) is 13.0. The van der Waals surface area contributed by atoms with Gasteiger partial charge in [-0.25, -0.2) is 4.79 Å². The maximum atomic E-state index is 12.6. The van der Waals surface area contributed by atoms with Gasteiger partial charge in [-0.15, -0.1) is 0 Å². The number of pyridine rings is 1. The van der Waals surface area contributed by atoms with Crippen molar-refractivity contribution in [2.24, 2.45) is 5.92 Å². The summed E-state index contributed by atoms with van der Waals surface area (Å²) in [6, 6.07) is 8.15. The van der Waals surface area contributed by atoms with Crippen LogP contribution in [0.15, 0.2) is 42.7 Å². The zero-order chi connectivity index (χ0) is 19.4. The third-order valence-corrected chi connectivity index (χ3v) is 4.68. The zero-order valence-corrected chi connectivity index (χ0v) is 15.4. The number of amides is 2. The minimum Gasteiger partial charge on any atom is -0.465 e. The number of benzene rings is 1. The molecular weight excluding hydrogens is 370 g/mol. The number of carbonyl (C=O) groups excluding carboxylic acids is 3. The summed E-state index contributed by atoms with van der Waals surface area (Å²) in [5.41, 5.74) is 1.54. The number of likely N-dealkylation sites (tertiary alicyclic amines) is 1. The smallest absolute Gasteiger partial charge is 0.337 e. The first-order valence-corrected chi connectivity index (χ1v) is 8.71. The van der Waals surface area contributed by atoms with Gasteiger partial charge in [0.2, 0.25) is 11.8 Å². The van der Waals surface area contributed by atoms with Gasteiger partial charge in [0.15, 0.2) is 0 Å². The lowest BCUT2D eigenvalue weighted by Gasteiger charge is -2.17. The molecule has 1 atom stereocenters. The Morgan fingerprint density at radius 3 is 2.74 bits per heavy atom. The van der Waals surface area contributed by atoms with Gasteiger partial charge in [-0.3, -0.25) is 14.6 Å². The van der Waals surface area contributed by atoms with E-state index >= 15 is 0 Å². The molecule has 2 heterocycles. The van der Waals surface area contributed by atoms with Gasteiger partial charge in [0.25, 0.3) is 0 Å². The van der Waals surface area contributed by atoms with Gasteiger partial charge in [0.1, 0.15) is 0 Å². The molecule has 1 aromatic heterocycles. The molecule has 1 aliphatic rings. The molecule has 2 amide bonds. The number of rotatable bonds is 5. The predicted molar refractivity (Wildman–Crippen MR) is 99.2 cm³/mol. The molecular formula is C19H18ClN3O4. The SMILES string of the molecule is COC(=O)c1ccc(Cl)c(NC(=O)C2CC(=O)N(Cc3ccncc3)C2)c1. The standard InChI is InChI=1S/C19H18ClN3O4/c1-27-19(26)13-2-3-15(20)16(8-13)22-18(25)14-9-17(24)23(11-14)10-12-4-6-21-7-5-12/h2-8,14H,9-11H2,1H3,(H,22,25). The van der Waals surface area contributed by atoms with Crippen molar-refractivity contribution >= 4 is 35.1 Å². The Bertz CT molecular complexity index is 873. The van der Waals surface area contributed by atoms with Crippen molar-refractivity contribution in [2.75, 3.05) is 19.0 Å². The number of methoxy groups -OCH3 is 1. The van der Waals surface area contributed by atoms with Gasteiger partial charge in [-0.1, -0.05) is 11.6 Å². The fraction of sp³-hybridized carbons (Fsp3) is 0.263. The molecule has 1 aliphatic heterocycles. The minimum absolute atomic E-state index is 0.0821. The molecule has 0 spiro atoms. The number of hydrogen-bond donors (Lipinski definition) is 1. The lowest BCUT2D eigenvalue weighted by atomic mass is 10.1. The van der Waals surface area contributed by atoms with Crippen LogP contribution in [-0.2, 0) is 20.9 Å². The van der Waals surface area contributed by atoms with E-state index in [-0.39, 0.29) is 23.8 Å². The molecule has 0 aliphatic carbocycles. The van der Waals surface area contributed by atoms with Crippen LogP contribution in [0.5, 0.6) is 0 Å². The topological polar surface area (TPSA) is 88.6 Å². The van der Waals surface area contributed by atoms with Gasteiger partial charge in [0.05, 0.1) is 29.3 Å². The monoisotopic (exact) mass is 387 g/mol. The Labute approximate surface area is 161 Å². The Morgan fingerprint density at radius 1 is 1.30 bits per heavy atom. The average molecular weight is 388 g/mol. The number of ether oxygens (including phenoxy) is 1. The van der Waals surface area contributed by atoms with Crippen LogP contribution < -0.4 is 5.32 Å². The number of halogens is 1. The lowest BCUT2D eigenvalue weighted by Crippen LogP contribution is -2.28. The van der Waals surface area contributed by atoms with E-state index < -0.39 is 11.9 Å². The normalized spacial score (nSPS) is 16.3. The minimum atomic E-state index is -0.526. The van der Waals surface area contributed by atoms with Crippen molar-refractivity contribution in [1.29, 1.82) is 0 Å². The molecule has 7 nitrogen and oxygen atoms in total. The maximum absolute atomic E-state index is 12.6. The van der Waals surface area contributed by atoms with Crippen molar-refractivity contribution in [2.45, 2.75) is 13.0 Å². The summed E-state index contributed by atoms with van der Waals surface area (Å²) in [6.45, 7) is 0.755. The molecule has 0 radical (unpaired) electrons. The average Bonchev–Trinajstić information content (AvgIpc) is 3.04. The van der Waals surface area contributed by atoms with Crippen molar-refractivity contribution < 1.29 is 19.1 Å². The number of anilines is 1. The fourth-order valence-electron chi connectivity index (χ4n) is 2.91. The highest BCUT2D eigenvalue weighted by Crippen LogP contribution is 2.26. The van der Waals surface area contributed by atoms with Gasteiger partial charge >= 0.3 is 5.97 Å². The molecule has 8 heteroatoms. The Morgan fingerprint density at radius 2 is 2.04 bits per heavy atom. The quantitative estimate of drug-likeness (QED) is 0.796. The third-order valence-electron chi connectivity index (χ3n) is 4.35. The second-order valence-corrected chi connectivity index (χ2v) is 6.61. The number of nitrogens with zero attached hydrogens (tertiary/aromatic N) is 2. The molecule has 0 saturated carbocycles. The van der Waals surface area contributed by atoms with Crippen molar-refractivity contribution in [3.8, 4) is 0 Å². The van der Waals surface area contributed by atoms with E-state index in [1.807, 2.05) is 12.1 Å². The summed E-state index contributed by atoms with van der Waals surface area (Å²) in [6.07, 6.45) is 3.46. The van der Waals surface area contributed by atoms with Crippen LogP contribution in [-0.4, -0.2) is 41.3 Å². The van der Waals surface area contributed by atoms with Crippen LogP contribution in [0.4, 0.5) is 5.69 Å². The highest BCUT2D eigenvalue weighted by atomic mass is 35.5. The van der Waals surface area contributed by atoms with Crippen LogP contribution in [0.1, 0.15) is 22.3 Å². The molecule has 27 heavy (non-hydrogen) atoms. The number of nitrogens with one attached hydrogen (secondary N) is 1. The third kappa shape index (κ3) is 4.43. The molecule has 1 N–H and O–H groups in total. The van der Waals surface area contributed by atoms with E-state index in [1.54, 1.807) is 17.3 Å². The first kappa shape index (κ1) is 18.8. The summed E-state index contributed by atoms with van der Waals surface area (Å²) in [5, 5.41) is 3.01. The van der Waals surface area contributed by atoms with Gasteiger partial charge in [0, 0.05) is 31.9 Å². The van der Waals surface area contributed by atoms with Crippen molar-refractivity contribution in [3.63, 3.8) is 0 Å². The van der Waals surface area contributed by atoms with Crippen LogP contribution in [0.25, 0.3) is 0 Å². The Balaban J connectivity index is 1.67. The molecule has 3 rings (SSSR count). The highest BCUT2D eigenvalue weighted by Gasteiger charge is 2.34. The van der Waals surface area contributed by atoms with Crippen LogP contribution in [0, 0.1) is 5.92 Å². The number of aromatic nitrogens is 1. The molecule has 1 saturated heterocycles. The zero-order valence-electron chi connectivity index (χ0n) is 14.6. The molecule has 0 bridgehead atoms. The van der Waals surface area contributed by atoms with E-state index in [0.29, 0.717) is 23.8 Å². The van der Waals surface area contributed by atoms with Crippen LogP contribution in [0.3, 0.4) is 0 Å². The number of hydrogen-bond acceptors (Lipinski definition) is 5. The summed E-state index contributed by atoms with van der Waals surface area (Å²) in [7, 11) is 1.27. The van der Waals surface area contributed by atoms with Gasteiger partial charge in [-0.05, 0) is 35.9 Å². The number of esters is 1. The summed E-state index contributed by atoms with van der Waals surface area (Å²) < 4.78 is 4.67. The van der Waals surface area contributed by atoms with Gasteiger partial charge < -0.3 is 15.0 Å². The van der Waals surface area contributed by atoms with Gasteiger partial charge in [-0.2, -0.15) is 0 Å². The fourth-order valence-corrected chi connectivity index (χ4v) is 3.07. The van der Waals surface area contributed by atoms with Crippen LogP contribution >= 0.6 is 11.6 Å². The maximum Gasteiger partial charge on any atom is 0.337 e. The first-order valence-electron chi connectivity index (χ1n) is 8.33. The summed E-state index contributed by atoms with van der Waals surface area (Å²) >= 11 is 6.11. The van der Waals surface area contributed by atoms with Crippen molar-refractivity contribution in [1.82, 2.24) is 9.88 Å². The molecule has 1 aromatic carbocycles. The second kappa shape index (κ2) is 8.18. The Kier molecular flexibility index (Phi) is 5.71. The summed E-state index contributed by atoms with van der Waals surface area (Å²) in [5.74, 6) is -1.41. The summed E-state index contributed by atoms with van der Waals surface area (Å²) in [4.78, 5) is 42.1. The van der Waals surface area contributed by atoms with Crippen molar-refractivity contribution in [3.05, 3.63) is 58.9 Å². The van der Waals surface area contributed by atoms with E-state index in [0.717, 1.165) is 5.56 Å². The van der Waals surface area contributed by atoms with E-state index in [9.17, 15) is 14.4 Å².